The second kappa shape index (κ2) is 8.48. The van der Waals surface area contributed by atoms with Crippen LogP contribution >= 0.6 is 0 Å². The van der Waals surface area contributed by atoms with Crippen molar-refractivity contribution in [2.75, 3.05) is 38.1 Å². The monoisotopic (exact) mass is 478 g/mol. The fourth-order valence-corrected chi connectivity index (χ4v) is 6.41. The Kier molecular flexibility index (Phi) is 5.61. The predicted octanol–water partition coefficient (Wildman–Crippen LogP) is 2.53. The van der Waals surface area contributed by atoms with Crippen LogP contribution in [0.4, 0.5) is 5.69 Å². The fraction of sp³-hybridized carbons (Fsp3) is 0.320. The van der Waals surface area contributed by atoms with Crippen molar-refractivity contribution < 1.29 is 18.0 Å². The Morgan fingerprint density at radius 2 is 1.76 bits per heavy atom. The normalized spacial score (nSPS) is 19.4. The van der Waals surface area contributed by atoms with Crippen LogP contribution in [0.1, 0.15) is 23.5 Å². The molecule has 34 heavy (non-hydrogen) atoms. The topological polar surface area (TPSA) is 90.9 Å². The zero-order chi connectivity index (χ0) is 24.0. The molecule has 9 heteroatoms. The highest BCUT2D eigenvalue weighted by Gasteiger charge is 2.38. The summed E-state index contributed by atoms with van der Waals surface area (Å²) in [5, 5.41) is 0.778. The number of para-hydroxylation sites is 2. The molecule has 0 saturated carbocycles. The quantitative estimate of drug-likeness (QED) is 0.577. The maximum atomic E-state index is 13.4. The Morgan fingerprint density at radius 3 is 2.53 bits per heavy atom. The summed E-state index contributed by atoms with van der Waals surface area (Å²) < 4.78 is 28.3. The molecule has 0 bridgehead atoms. The SMILES string of the molecule is Cc1cnc2c(S(=O)(=O)N3CCN(C(=O)C4CC(=O)N(C)c5ccccc54)CC3)cccc2c1. The van der Waals surface area contributed by atoms with Crippen molar-refractivity contribution in [3.63, 3.8) is 0 Å². The number of aryl methyl sites for hydroxylation is 1. The van der Waals surface area contributed by atoms with Gasteiger partial charge in [0.05, 0.1) is 11.4 Å². The molecule has 1 unspecified atom stereocenters. The maximum Gasteiger partial charge on any atom is 0.245 e. The smallest absolute Gasteiger partial charge is 0.245 e. The Balaban J connectivity index is 1.35. The van der Waals surface area contributed by atoms with Gasteiger partial charge in [0.25, 0.3) is 0 Å². The van der Waals surface area contributed by atoms with E-state index in [0.29, 0.717) is 5.52 Å². The summed E-state index contributed by atoms with van der Waals surface area (Å²) in [5.41, 5.74) is 3.00. The second-order valence-corrected chi connectivity index (χ2v) is 10.7. The molecule has 8 nitrogen and oxygen atoms in total. The number of pyridine rings is 1. The Hall–Kier alpha value is -3.30. The molecule has 2 aromatic carbocycles. The third kappa shape index (κ3) is 3.74. The average molecular weight is 479 g/mol. The second-order valence-electron chi connectivity index (χ2n) is 8.84. The van der Waals surface area contributed by atoms with Crippen LogP contribution in [0, 0.1) is 6.92 Å². The van der Waals surface area contributed by atoms with Crippen LogP contribution in [0.5, 0.6) is 0 Å². The van der Waals surface area contributed by atoms with Gasteiger partial charge in [-0.25, -0.2) is 8.42 Å². The number of nitrogens with zero attached hydrogens (tertiary/aromatic N) is 4. The molecular weight excluding hydrogens is 452 g/mol. The Morgan fingerprint density at radius 1 is 1.03 bits per heavy atom. The first-order valence-electron chi connectivity index (χ1n) is 11.3. The summed E-state index contributed by atoms with van der Waals surface area (Å²) >= 11 is 0. The van der Waals surface area contributed by atoms with Crippen molar-refractivity contribution >= 4 is 38.4 Å². The van der Waals surface area contributed by atoms with Crippen LogP contribution in [0.25, 0.3) is 10.9 Å². The number of anilines is 1. The fourth-order valence-electron chi connectivity index (χ4n) is 4.82. The molecule has 0 aliphatic carbocycles. The third-order valence-electron chi connectivity index (χ3n) is 6.70. The number of hydrogen-bond acceptors (Lipinski definition) is 5. The molecule has 1 atom stereocenters. The van der Waals surface area contributed by atoms with E-state index in [1.165, 1.54) is 4.31 Å². The maximum absolute atomic E-state index is 13.4. The van der Waals surface area contributed by atoms with Crippen LogP contribution in [-0.4, -0.2) is 67.6 Å². The molecule has 176 valence electrons. The van der Waals surface area contributed by atoms with E-state index in [0.717, 1.165) is 22.2 Å². The van der Waals surface area contributed by atoms with E-state index in [1.807, 2.05) is 43.3 Å². The van der Waals surface area contributed by atoms with Gasteiger partial charge in [-0.2, -0.15) is 4.31 Å². The molecule has 1 fully saturated rings. The van der Waals surface area contributed by atoms with Gasteiger partial charge in [0.15, 0.2) is 0 Å². The average Bonchev–Trinajstić information content (AvgIpc) is 2.85. The van der Waals surface area contributed by atoms with Crippen molar-refractivity contribution in [2.45, 2.75) is 24.2 Å². The lowest BCUT2D eigenvalue weighted by Crippen LogP contribution is -2.52. The predicted molar refractivity (Wildman–Crippen MR) is 129 cm³/mol. The van der Waals surface area contributed by atoms with Gasteiger partial charge in [-0.15, -0.1) is 0 Å². The number of amides is 2. The standard InChI is InChI=1S/C25H26N4O4S/c1-17-14-18-6-5-9-22(24(18)26-16-17)34(32,33)29-12-10-28(11-13-29)25(31)20-15-23(30)27(2)21-8-4-3-7-19(20)21/h3-9,14,16,20H,10-13,15H2,1-2H3. The largest absolute Gasteiger partial charge is 0.340 e. The van der Waals surface area contributed by atoms with E-state index in [2.05, 4.69) is 4.98 Å². The third-order valence-corrected chi connectivity index (χ3v) is 8.63. The van der Waals surface area contributed by atoms with E-state index >= 15 is 0 Å². The highest BCUT2D eigenvalue weighted by Crippen LogP contribution is 2.36. The van der Waals surface area contributed by atoms with Gasteiger partial charge >= 0.3 is 0 Å². The highest BCUT2D eigenvalue weighted by molar-refractivity contribution is 7.89. The number of hydrogen-bond donors (Lipinski definition) is 0. The zero-order valence-corrected chi connectivity index (χ0v) is 20.0. The first-order valence-corrected chi connectivity index (χ1v) is 12.7. The minimum absolute atomic E-state index is 0.100. The number of piperazine rings is 1. The molecule has 3 aromatic rings. The molecule has 1 saturated heterocycles. The van der Waals surface area contributed by atoms with E-state index in [-0.39, 0.29) is 49.3 Å². The number of fused-ring (bicyclic) bond motifs is 2. The Labute approximate surface area is 198 Å². The summed E-state index contributed by atoms with van der Waals surface area (Å²) in [6.07, 6.45) is 1.78. The van der Waals surface area contributed by atoms with Crippen molar-refractivity contribution in [1.82, 2.24) is 14.2 Å². The van der Waals surface area contributed by atoms with Crippen molar-refractivity contribution in [1.29, 1.82) is 0 Å². The lowest BCUT2D eigenvalue weighted by molar-refractivity contribution is -0.136. The van der Waals surface area contributed by atoms with Crippen molar-refractivity contribution in [3.8, 4) is 0 Å². The van der Waals surface area contributed by atoms with E-state index in [4.69, 9.17) is 0 Å². The van der Waals surface area contributed by atoms with Crippen LogP contribution < -0.4 is 4.90 Å². The summed E-state index contributed by atoms with van der Waals surface area (Å²) in [6.45, 7) is 2.85. The van der Waals surface area contributed by atoms with Crippen molar-refractivity contribution in [2.24, 2.45) is 0 Å². The van der Waals surface area contributed by atoms with E-state index in [1.54, 1.807) is 35.2 Å². The minimum atomic E-state index is -3.77. The summed E-state index contributed by atoms with van der Waals surface area (Å²) in [5.74, 6) is -0.779. The molecule has 2 amide bonds. The number of benzene rings is 2. The molecule has 0 N–H and O–H groups in total. The number of carbonyl (C=O) groups is 2. The van der Waals surface area contributed by atoms with Crippen LogP contribution in [0.2, 0.25) is 0 Å². The number of sulfonamides is 1. The molecule has 0 radical (unpaired) electrons. The zero-order valence-electron chi connectivity index (χ0n) is 19.1. The van der Waals surface area contributed by atoms with Crippen molar-refractivity contribution in [3.05, 3.63) is 65.9 Å². The molecule has 0 spiro atoms. The van der Waals surface area contributed by atoms with E-state index in [9.17, 15) is 18.0 Å². The van der Waals surface area contributed by atoms with Crippen LogP contribution in [0.3, 0.4) is 0 Å². The highest BCUT2D eigenvalue weighted by atomic mass is 32.2. The molecular formula is C25H26N4O4S. The first-order chi connectivity index (χ1) is 16.3. The summed E-state index contributed by atoms with van der Waals surface area (Å²) in [7, 11) is -2.05. The van der Waals surface area contributed by atoms with E-state index < -0.39 is 15.9 Å². The lowest BCUT2D eigenvalue weighted by Gasteiger charge is -2.38. The van der Waals surface area contributed by atoms with Gasteiger partial charge in [0, 0.05) is 56.9 Å². The Bertz CT molecular complexity index is 1400. The van der Waals surface area contributed by atoms with Gasteiger partial charge in [-0.3, -0.25) is 14.6 Å². The number of aromatic nitrogens is 1. The van der Waals surface area contributed by atoms with Gasteiger partial charge in [0.1, 0.15) is 4.90 Å². The number of rotatable bonds is 3. The van der Waals surface area contributed by atoms with Gasteiger partial charge in [-0.1, -0.05) is 30.3 Å². The first kappa shape index (κ1) is 22.5. The molecule has 5 rings (SSSR count). The van der Waals surface area contributed by atoms with Gasteiger partial charge < -0.3 is 9.80 Å². The van der Waals surface area contributed by atoms with Gasteiger partial charge in [-0.05, 0) is 36.2 Å². The summed E-state index contributed by atoms with van der Waals surface area (Å²) in [4.78, 5) is 33.7. The minimum Gasteiger partial charge on any atom is -0.340 e. The van der Waals surface area contributed by atoms with Gasteiger partial charge in [0.2, 0.25) is 21.8 Å². The molecule has 3 heterocycles. The van der Waals surface area contributed by atoms with Crippen LogP contribution in [0.15, 0.2) is 59.6 Å². The molecule has 2 aliphatic heterocycles. The lowest BCUT2D eigenvalue weighted by atomic mass is 9.88. The molecule has 2 aliphatic rings. The summed E-state index contributed by atoms with van der Waals surface area (Å²) in [6, 6.07) is 14.5. The number of carbonyl (C=O) groups excluding carboxylic acids is 2. The molecule has 1 aromatic heterocycles. The van der Waals surface area contributed by atoms with Crippen LogP contribution in [-0.2, 0) is 19.6 Å².